The van der Waals surface area contributed by atoms with Crippen LogP contribution in [-0.4, -0.2) is 57.4 Å². The van der Waals surface area contributed by atoms with Gasteiger partial charge in [-0.25, -0.2) is 0 Å². The predicted molar refractivity (Wildman–Crippen MR) is 97.4 cm³/mol. The van der Waals surface area contributed by atoms with E-state index < -0.39 is 46.3 Å². The number of aliphatic hydroxyl groups excluding tert-OH is 3. The first kappa shape index (κ1) is 19.5. The first-order valence-electron chi connectivity index (χ1n) is 9.96. The summed E-state index contributed by atoms with van der Waals surface area (Å²) < 4.78 is 5.54. The average Bonchev–Trinajstić information content (AvgIpc) is 2.80. The molecule has 0 radical (unpaired) electrons. The Kier molecular flexibility index (Phi) is 3.92. The summed E-state index contributed by atoms with van der Waals surface area (Å²) in [5.41, 5.74) is -2.42. The van der Waals surface area contributed by atoms with E-state index in [9.17, 15) is 25.2 Å². The fourth-order valence-electron chi connectivity index (χ4n) is 7.64. The molecular formula is C21H32O6. The van der Waals surface area contributed by atoms with E-state index in [-0.39, 0.29) is 24.0 Å². The Labute approximate surface area is 160 Å². The van der Waals surface area contributed by atoms with Crippen LogP contribution in [-0.2, 0) is 9.53 Å². The van der Waals surface area contributed by atoms with Crippen molar-refractivity contribution in [3.63, 3.8) is 0 Å². The number of fused-ring (bicyclic) bond motifs is 3. The highest BCUT2D eigenvalue weighted by atomic mass is 16.6. The number of hydrogen-bond donors (Lipinski definition) is 4. The Hall–Kier alpha value is -0.790. The molecule has 0 aromatic heterocycles. The van der Waals surface area contributed by atoms with Gasteiger partial charge in [0, 0.05) is 24.9 Å². The molecule has 0 saturated heterocycles. The van der Waals surface area contributed by atoms with Crippen molar-refractivity contribution < 1.29 is 30.0 Å². The number of methoxy groups -OCH3 is 1. The Morgan fingerprint density at radius 2 is 1.74 bits per heavy atom. The predicted octanol–water partition coefficient (Wildman–Crippen LogP) is 1.01. The second-order valence-electron chi connectivity index (χ2n) is 10.1. The molecule has 2 bridgehead atoms. The van der Waals surface area contributed by atoms with Crippen molar-refractivity contribution >= 4 is 5.78 Å². The van der Waals surface area contributed by atoms with Gasteiger partial charge in [-0.15, -0.1) is 0 Å². The number of aliphatic hydroxyl groups is 4. The number of carbonyl (C=O) groups is 1. The van der Waals surface area contributed by atoms with Crippen molar-refractivity contribution in [1.82, 2.24) is 0 Å². The molecule has 0 amide bonds. The molecule has 4 fully saturated rings. The molecule has 9 atom stereocenters. The molecule has 4 N–H and O–H groups in total. The fourth-order valence-corrected chi connectivity index (χ4v) is 7.64. The summed E-state index contributed by atoms with van der Waals surface area (Å²) in [6.45, 7) is 9.59. The van der Waals surface area contributed by atoms with Gasteiger partial charge in [-0.3, -0.25) is 4.79 Å². The van der Waals surface area contributed by atoms with Crippen LogP contribution < -0.4 is 0 Å². The number of ether oxygens (including phenoxy) is 1. The minimum atomic E-state index is -2.08. The first-order valence-corrected chi connectivity index (χ1v) is 9.96. The lowest BCUT2D eigenvalue weighted by Crippen LogP contribution is -2.79. The van der Waals surface area contributed by atoms with Gasteiger partial charge in [0.25, 0.3) is 0 Å². The van der Waals surface area contributed by atoms with Crippen LogP contribution in [0.1, 0.15) is 46.5 Å². The molecular weight excluding hydrogens is 348 g/mol. The maximum Gasteiger partial charge on any atom is 0.205 e. The lowest BCUT2D eigenvalue weighted by atomic mass is 9.37. The topological polar surface area (TPSA) is 107 Å². The van der Waals surface area contributed by atoms with E-state index in [0.717, 1.165) is 6.42 Å². The molecule has 4 aliphatic rings. The maximum absolute atomic E-state index is 13.4. The van der Waals surface area contributed by atoms with Crippen molar-refractivity contribution in [3.8, 4) is 0 Å². The number of Topliss-reactive ketones (excluding diaryl/α,β-unsaturated/α-hetero) is 1. The van der Waals surface area contributed by atoms with Gasteiger partial charge in [-0.05, 0) is 42.1 Å². The molecule has 0 heterocycles. The third-order valence-corrected chi connectivity index (χ3v) is 9.07. The van der Waals surface area contributed by atoms with Gasteiger partial charge in [-0.2, -0.15) is 0 Å². The van der Waals surface area contributed by atoms with Gasteiger partial charge >= 0.3 is 0 Å². The summed E-state index contributed by atoms with van der Waals surface area (Å²) in [4.78, 5) is 13.4. The minimum Gasteiger partial charge on any atom is -0.392 e. The molecule has 4 rings (SSSR count). The largest absolute Gasteiger partial charge is 0.392 e. The Morgan fingerprint density at radius 3 is 2.33 bits per heavy atom. The van der Waals surface area contributed by atoms with Crippen LogP contribution in [0.5, 0.6) is 0 Å². The second-order valence-corrected chi connectivity index (χ2v) is 10.1. The summed E-state index contributed by atoms with van der Waals surface area (Å²) in [5.74, 6) is -3.35. The van der Waals surface area contributed by atoms with Gasteiger partial charge in [-0.1, -0.05) is 27.4 Å². The third-order valence-electron chi connectivity index (χ3n) is 9.07. The first-order chi connectivity index (χ1) is 12.4. The van der Waals surface area contributed by atoms with Crippen LogP contribution in [0, 0.1) is 34.0 Å². The van der Waals surface area contributed by atoms with E-state index >= 15 is 0 Å². The second kappa shape index (κ2) is 5.42. The van der Waals surface area contributed by atoms with Crippen LogP contribution in [0.4, 0.5) is 0 Å². The van der Waals surface area contributed by atoms with Crippen molar-refractivity contribution in [3.05, 3.63) is 12.2 Å². The zero-order valence-corrected chi connectivity index (χ0v) is 16.6. The number of ketones is 1. The van der Waals surface area contributed by atoms with E-state index in [1.54, 1.807) is 0 Å². The zero-order valence-electron chi connectivity index (χ0n) is 16.6. The average molecular weight is 380 g/mol. The summed E-state index contributed by atoms with van der Waals surface area (Å²) in [5, 5.41) is 44.9. The fraction of sp³-hybridized carbons (Fsp3) is 0.857. The summed E-state index contributed by atoms with van der Waals surface area (Å²) in [7, 11) is 1.32. The van der Waals surface area contributed by atoms with E-state index in [4.69, 9.17) is 4.74 Å². The monoisotopic (exact) mass is 380 g/mol. The highest BCUT2D eigenvalue weighted by Gasteiger charge is 2.80. The highest BCUT2D eigenvalue weighted by molar-refractivity contribution is 6.04. The summed E-state index contributed by atoms with van der Waals surface area (Å²) in [6, 6.07) is 0. The molecule has 0 aromatic carbocycles. The number of hydrogen-bond acceptors (Lipinski definition) is 6. The van der Waals surface area contributed by atoms with Gasteiger partial charge in [0.15, 0.2) is 5.78 Å². The van der Waals surface area contributed by atoms with E-state index in [2.05, 4.69) is 6.58 Å². The SMILES string of the molecule is C=C1C(=O)[C@]23C[C@H]1CC[C@H]2[C@@]1(C)[C@H]([C@H](O)[C@@]3(O)OC)C(C)(C)[C@H](O)C[C@@H]1O. The Balaban J connectivity index is 2.00. The quantitative estimate of drug-likeness (QED) is 0.400. The Morgan fingerprint density at radius 1 is 1.11 bits per heavy atom. The summed E-state index contributed by atoms with van der Waals surface area (Å²) in [6.07, 6.45) is -1.16. The van der Waals surface area contributed by atoms with Crippen molar-refractivity contribution in [2.45, 2.75) is 70.6 Å². The third kappa shape index (κ3) is 1.87. The van der Waals surface area contributed by atoms with E-state index in [0.29, 0.717) is 18.4 Å². The van der Waals surface area contributed by atoms with Crippen molar-refractivity contribution in [1.29, 1.82) is 0 Å². The van der Waals surface area contributed by atoms with Gasteiger partial charge in [0.2, 0.25) is 5.79 Å². The normalized spacial score (nSPS) is 56.6. The van der Waals surface area contributed by atoms with E-state index in [1.165, 1.54) is 7.11 Å². The smallest absolute Gasteiger partial charge is 0.205 e. The number of allylic oxidation sites excluding steroid dienone is 1. The van der Waals surface area contributed by atoms with Gasteiger partial charge in [0.05, 0.1) is 17.6 Å². The number of carbonyl (C=O) groups excluding carboxylic acids is 1. The molecule has 6 heteroatoms. The lowest BCUT2D eigenvalue weighted by Gasteiger charge is -2.70. The molecule has 0 aliphatic heterocycles. The molecule has 0 unspecified atom stereocenters. The molecule has 1 spiro atoms. The van der Waals surface area contributed by atoms with Crippen LogP contribution >= 0.6 is 0 Å². The number of rotatable bonds is 1. The minimum absolute atomic E-state index is 0.0258. The molecule has 4 saturated carbocycles. The Bertz CT molecular complexity index is 703. The van der Waals surface area contributed by atoms with Crippen LogP contribution in [0.15, 0.2) is 12.2 Å². The zero-order chi connectivity index (χ0) is 20.2. The molecule has 6 nitrogen and oxygen atoms in total. The molecule has 0 aromatic rings. The molecule has 27 heavy (non-hydrogen) atoms. The van der Waals surface area contributed by atoms with Crippen molar-refractivity contribution in [2.24, 2.45) is 34.0 Å². The van der Waals surface area contributed by atoms with Crippen LogP contribution in [0.25, 0.3) is 0 Å². The standard InChI is InChI=1S/C21H32O6/c1-10-11-6-7-12-19(4)14(23)8-13(22)18(2,3)15(19)17(25)21(26,27-5)20(12,9-11)16(10)24/h11-15,17,22-23,25-26H,1,6-9H2,2-5H3/t11-,12+,13-,14+,15-,17+,19-,20+,21-/m1/s1. The highest BCUT2D eigenvalue weighted by Crippen LogP contribution is 2.73. The lowest BCUT2D eigenvalue weighted by molar-refractivity contribution is -0.389. The van der Waals surface area contributed by atoms with Gasteiger partial charge in [0.1, 0.15) is 6.10 Å². The molecule has 152 valence electrons. The molecule has 4 aliphatic carbocycles. The summed E-state index contributed by atoms with van der Waals surface area (Å²) >= 11 is 0. The van der Waals surface area contributed by atoms with Crippen LogP contribution in [0.3, 0.4) is 0 Å². The maximum atomic E-state index is 13.4. The van der Waals surface area contributed by atoms with Crippen molar-refractivity contribution in [2.75, 3.05) is 7.11 Å². The van der Waals surface area contributed by atoms with E-state index in [1.807, 2.05) is 20.8 Å². The van der Waals surface area contributed by atoms with Gasteiger partial charge < -0.3 is 25.2 Å². The van der Waals surface area contributed by atoms with Crippen LogP contribution in [0.2, 0.25) is 0 Å².